The van der Waals surface area contributed by atoms with E-state index in [0.29, 0.717) is 28.4 Å². The molecule has 2 aromatic heterocycles. The Labute approximate surface area is 140 Å². The van der Waals surface area contributed by atoms with Gasteiger partial charge in [0.15, 0.2) is 0 Å². The first-order valence-corrected chi connectivity index (χ1v) is 7.82. The summed E-state index contributed by atoms with van der Waals surface area (Å²) >= 11 is 0. The Morgan fingerprint density at radius 1 is 1.25 bits per heavy atom. The van der Waals surface area contributed by atoms with Crippen molar-refractivity contribution in [2.45, 2.75) is 54.2 Å². The Morgan fingerprint density at radius 3 is 2.46 bits per heavy atom. The van der Waals surface area contributed by atoms with Crippen LogP contribution < -0.4 is 5.32 Å². The van der Waals surface area contributed by atoms with Gasteiger partial charge >= 0.3 is 5.97 Å². The van der Waals surface area contributed by atoms with Crippen LogP contribution in [-0.2, 0) is 11.3 Å². The number of oxazole rings is 1. The zero-order chi connectivity index (χ0) is 18.0. The van der Waals surface area contributed by atoms with Crippen molar-refractivity contribution in [1.29, 1.82) is 0 Å². The fourth-order valence-electron chi connectivity index (χ4n) is 2.42. The van der Waals surface area contributed by atoms with Gasteiger partial charge < -0.3 is 19.5 Å². The molecule has 0 aliphatic rings. The SMILES string of the molecule is Cc1nc(CNC(=O)c2[nH]c(C)c(C(=O)OC(C)C)c2C)oc1C. The van der Waals surface area contributed by atoms with Crippen LogP contribution in [0, 0.1) is 27.7 Å². The number of aromatic amines is 1. The maximum atomic E-state index is 12.4. The molecule has 7 heteroatoms. The van der Waals surface area contributed by atoms with E-state index in [-0.39, 0.29) is 18.6 Å². The van der Waals surface area contributed by atoms with E-state index in [4.69, 9.17) is 9.15 Å². The smallest absolute Gasteiger partial charge is 0.340 e. The van der Waals surface area contributed by atoms with Crippen molar-refractivity contribution in [3.63, 3.8) is 0 Å². The van der Waals surface area contributed by atoms with Gasteiger partial charge in [0.1, 0.15) is 11.5 Å². The number of ether oxygens (including phenoxy) is 1. The Kier molecular flexibility index (Phi) is 5.11. The first-order chi connectivity index (χ1) is 11.2. The lowest BCUT2D eigenvalue weighted by atomic mass is 10.1. The van der Waals surface area contributed by atoms with E-state index in [1.165, 1.54) is 0 Å². The topological polar surface area (TPSA) is 97.2 Å². The Bertz CT molecular complexity index is 752. The summed E-state index contributed by atoms with van der Waals surface area (Å²) in [4.78, 5) is 31.7. The summed E-state index contributed by atoms with van der Waals surface area (Å²) in [7, 11) is 0. The number of nitrogens with one attached hydrogen (secondary N) is 2. The van der Waals surface area contributed by atoms with Crippen molar-refractivity contribution < 1.29 is 18.7 Å². The number of aryl methyl sites for hydroxylation is 3. The molecule has 2 rings (SSSR count). The van der Waals surface area contributed by atoms with E-state index in [2.05, 4.69) is 15.3 Å². The number of esters is 1. The molecule has 24 heavy (non-hydrogen) atoms. The normalized spacial score (nSPS) is 11.0. The lowest BCUT2D eigenvalue weighted by Crippen LogP contribution is -2.24. The molecule has 0 atom stereocenters. The van der Waals surface area contributed by atoms with E-state index in [9.17, 15) is 9.59 Å². The molecule has 0 saturated carbocycles. The van der Waals surface area contributed by atoms with E-state index in [1.54, 1.807) is 27.7 Å². The number of nitrogens with zero attached hydrogens (tertiary/aromatic N) is 1. The second-order valence-electron chi connectivity index (χ2n) is 6.01. The minimum absolute atomic E-state index is 0.177. The third kappa shape index (κ3) is 3.67. The van der Waals surface area contributed by atoms with Crippen LogP contribution in [0.1, 0.15) is 63.3 Å². The summed E-state index contributed by atoms with van der Waals surface area (Å²) in [5, 5.41) is 2.74. The Hall–Kier alpha value is -2.57. The third-order valence-electron chi connectivity index (χ3n) is 3.68. The molecule has 0 aliphatic heterocycles. The first kappa shape index (κ1) is 17.8. The highest BCUT2D eigenvalue weighted by Crippen LogP contribution is 2.20. The second kappa shape index (κ2) is 6.90. The van der Waals surface area contributed by atoms with Crippen molar-refractivity contribution in [3.05, 3.63) is 39.9 Å². The van der Waals surface area contributed by atoms with E-state index >= 15 is 0 Å². The monoisotopic (exact) mass is 333 g/mol. The lowest BCUT2D eigenvalue weighted by Gasteiger charge is -2.08. The van der Waals surface area contributed by atoms with Gasteiger partial charge in [-0.05, 0) is 47.1 Å². The number of hydrogen-bond donors (Lipinski definition) is 2. The molecule has 0 spiro atoms. The van der Waals surface area contributed by atoms with Gasteiger partial charge in [0.05, 0.1) is 23.9 Å². The van der Waals surface area contributed by atoms with E-state index in [0.717, 1.165) is 11.5 Å². The standard InChI is InChI=1S/C17H23N3O4/c1-8(2)23-17(22)14-9(3)15(20-11(14)5)16(21)18-7-13-19-10(4)12(6)24-13/h8,20H,7H2,1-6H3,(H,18,21). The molecular weight excluding hydrogens is 310 g/mol. The molecule has 7 nitrogen and oxygen atoms in total. The molecule has 0 fully saturated rings. The van der Waals surface area contributed by atoms with Gasteiger partial charge in [-0.25, -0.2) is 9.78 Å². The number of hydrogen-bond acceptors (Lipinski definition) is 5. The number of amides is 1. The molecule has 2 aromatic rings. The number of rotatable bonds is 5. The fraction of sp³-hybridized carbons (Fsp3) is 0.471. The number of aromatic nitrogens is 2. The van der Waals surface area contributed by atoms with Gasteiger partial charge in [-0.1, -0.05) is 0 Å². The van der Waals surface area contributed by atoms with E-state index < -0.39 is 5.97 Å². The number of H-pyrrole nitrogens is 1. The molecular formula is C17H23N3O4. The quantitative estimate of drug-likeness (QED) is 0.820. The van der Waals surface area contributed by atoms with Gasteiger partial charge in [-0.3, -0.25) is 4.79 Å². The minimum atomic E-state index is -0.436. The van der Waals surface area contributed by atoms with Crippen LogP contribution in [0.5, 0.6) is 0 Å². The average molecular weight is 333 g/mol. The highest BCUT2D eigenvalue weighted by atomic mass is 16.5. The molecule has 1 amide bonds. The summed E-state index contributed by atoms with van der Waals surface area (Å²) in [6.07, 6.45) is -0.222. The molecule has 0 aliphatic carbocycles. The minimum Gasteiger partial charge on any atom is -0.459 e. The van der Waals surface area contributed by atoms with Gasteiger partial charge in [0.2, 0.25) is 5.89 Å². The van der Waals surface area contributed by atoms with Crippen molar-refractivity contribution in [2.24, 2.45) is 0 Å². The van der Waals surface area contributed by atoms with Crippen molar-refractivity contribution in [2.75, 3.05) is 0 Å². The van der Waals surface area contributed by atoms with Gasteiger partial charge in [0, 0.05) is 5.69 Å². The van der Waals surface area contributed by atoms with Crippen LogP contribution in [0.25, 0.3) is 0 Å². The van der Waals surface area contributed by atoms with Crippen LogP contribution >= 0.6 is 0 Å². The highest BCUT2D eigenvalue weighted by molar-refractivity contribution is 6.00. The fourth-order valence-corrected chi connectivity index (χ4v) is 2.42. The predicted octanol–water partition coefficient (Wildman–Crippen LogP) is 2.73. The maximum absolute atomic E-state index is 12.4. The number of carbonyl (C=O) groups is 2. The average Bonchev–Trinajstić information content (AvgIpc) is 2.95. The van der Waals surface area contributed by atoms with Crippen molar-refractivity contribution >= 4 is 11.9 Å². The van der Waals surface area contributed by atoms with Gasteiger partial charge in [0.25, 0.3) is 5.91 Å². The number of carbonyl (C=O) groups excluding carboxylic acids is 2. The van der Waals surface area contributed by atoms with Gasteiger partial charge in [-0.15, -0.1) is 0 Å². The first-order valence-electron chi connectivity index (χ1n) is 7.82. The molecule has 0 aromatic carbocycles. The summed E-state index contributed by atoms with van der Waals surface area (Å²) in [5.41, 5.74) is 2.70. The molecule has 130 valence electrons. The molecule has 0 saturated heterocycles. The van der Waals surface area contributed by atoms with Crippen LogP contribution in [-0.4, -0.2) is 27.9 Å². The van der Waals surface area contributed by atoms with Crippen LogP contribution in [0.2, 0.25) is 0 Å². The van der Waals surface area contributed by atoms with Gasteiger partial charge in [-0.2, -0.15) is 0 Å². The Morgan fingerprint density at radius 2 is 1.92 bits per heavy atom. The summed E-state index contributed by atoms with van der Waals surface area (Å²) < 4.78 is 10.7. The molecule has 2 N–H and O–H groups in total. The zero-order valence-electron chi connectivity index (χ0n) is 14.9. The van der Waals surface area contributed by atoms with Crippen molar-refractivity contribution in [1.82, 2.24) is 15.3 Å². The summed E-state index contributed by atoms with van der Waals surface area (Å²) in [5.74, 6) is 0.408. The summed E-state index contributed by atoms with van der Waals surface area (Å²) in [6, 6.07) is 0. The molecule has 2 heterocycles. The molecule has 0 radical (unpaired) electrons. The Balaban J connectivity index is 2.14. The van der Waals surface area contributed by atoms with Crippen LogP contribution in [0.4, 0.5) is 0 Å². The van der Waals surface area contributed by atoms with Crippen molar-refractivity contribution in [3.8, 4) is 0 Å². The largest absolute Gasteiger partial charge is 0.459 e. The van der Waals surface area contributed by atoms with Crippen LogP contribution in [0.3, 0.4) is 0 Å². The zero-order valence-corrected chi connectivity index (χ0v) is 14.9. The lowest BCUT2D eigenvalue weighted by molar-refractivity contribution is 0.0376. The van der Waals surface area contributed by atoms with E-state index in [1.807, 2.05) is 13.8 Å². The molecule has 0 bridgehead atoms. The predicted molar refractivity (Wildman–Crippen MR) is 88.0 cm³/mol. The summed E-state index contributed by atoms with van der Waals surface area (Å²) in [6.45, 7) is 10.9. The third-order valence-corrected chi connectivity index (χ3v) is 3.68. The highest BCUT2D eigenvalue weighted by Gasteiger charge is 2.23. The van der Waals surface area contributed by atoms with Crippen LogP contribution in [0.15, 0.2) is 4.42 Å². The maximum Gasteiger partial charge on any atom is 0.340 e. The second-order valence-corrected chi connectivity index (χ2v) is 6.01. The molecule has 0 unspecified atom stereocenters.